The molecule has 1 N–H and O–H groups in total. The van der Waals surface area contributed by atoms with Crippen LogP contribution in [-0.4, -0.2) is 9.97 Å². The average Bonchev–Trinajstić information content (AvgIpc) is 3.12. The van der Waals surface area contributed by atoms with Crippen LogP contribution < -0.4 is 10.3 Å². The monoisotopic (exact) mass is 466 g/mol. The van der Waals surface area contributed by atoms with Crippen molar-refractivity contribution < 1.29 is 4.74 Å². The molecule has 0 saturated carbocycles. The second kappa shape index (κ2) is 7.76. The maximum atomic E-state index is 12.9. The molecule has 4 aromatic rings. The molecule has 2 aromatic carbocycles. The topological polar surface area (TPSA) is 55.0 Å². The number of fused-ring (bicyclic) bond motifs is 3. The highest BCUT2D eigenvalue weighted by atomic mass is 79.9. The van der Waals surface area contributed by atoms with E-state index in [1.165, 1.54) is 16.9 Å². The number of hydrogen-bond acceptors (Lipinski definition) is 4. The lowest BCUT2D eigenvalue weighted by Crippen LogP contribution is -2.11. The Morgan fingerprint density at radius 2 is 1.86 bits per heavy atom. The molecule has 6 heteroatoms. The van der Waals surface area contributed by atoms with Gasteiger partial charge in [-0.1, -0.05) is 40.2 Å². The van der Waals surface area contributed by atoms with Crippen molar-refractivity contribution in [2.75, 3.05) is 0 Å². The lowest BCUT2D eigenvalue weighted by atomic mass is 9.97. The molecule has 2 aromatic heterocycles. The van der Waals surface area contributed by atoms with Crippen molar-refractivity contribution in [1.82, 2.24) is 9.97 Å². The number of nitrogens with one attached hydrogen (secondary N) is 1. The summed E-state index contributed by atoms with van der Waals surface area (Å²) in [5, 5.41) is 0.779. The van der Waals surface area contributed by atoms with Gasteiger partial charge in [0.05, 0.1) is 10.9 Å². The molecule has 5 rings (SSSR count). The number of benzene rings is 2. The molecule has 0 saturated heterocycles. The van der Waals surface area contributed by atoms with E-state index < -0.39 is 0 Å². The maximum Gasteiger partial charge on any atom is 0.260 e. The van der Waals surface area contributed by atoms with E-state index in [1.807, 2.05) is 48.5 Å². The molecule has 0 aliphatic heterocycles. The fourth-order valence-corrected chi connectivity index (χ4v) is 5.35. The largest absolute Gasteiger partial charge is 0.488 e. The summed E-state index contributed by atoms with van der Waals surface area (Å²) in [4.78, 5) is 22.9. The van der Waals surface area contributed by atoms with Gasteiger partial charge in [-0.25, -0.2) is 4.98 Å². The van der Waals surface area contributed by atoms with Crippen LogP contribution >= 0.6 is 27.3 Å². The number of thiophene rings is 1. The molecule has 1 aliphatic rings. The molecule has 1 aliphatic carbocycles. The molecular weight excluding hydrogens is 448 g/mol. The van der Waals surface area contributed by atoms with Gasteiger partial charge < -0.3 is 9.72 Å². The van der Waals surface area contributed by atoms with E-state index in [1.54, 1.807) is 11.3 Å². The molecule has 0 radical (unpaired) electrons. The van der Waals surface area contributed by atoms with Gasteiger partial charge in [-0.05, 0) is 61.1 Å². The van der Waals surface area contributed by atoms with E-state index in [-0.39, 0.29) is 5.56 Å². The average molecular weight is 467 g/mol. The summed E-state index contributed by atoms with van der Waals surface area (Å²) in [6, 6.07) is 15.8. The van der Waals surface area contributed by atoms with Crippen LogP contribution in [0.15, 0.2) is 57.8 Å². The normalized spacial score (nSPS) is 13.4. The molecule has 0 bridgehead atoms. The highest BCUT2D eigenvalue weighted by Gasteiger charge is 2.20. The standard InChI is InChI=1S/C23H19BrN2O2S/c24-15-11-9-14(10-12-15)13-28-18-7-3-1-5-16(18)21-25-22(27)20-17-6-2-4-8-19(17)29-23(20)26-21/h1,3,5,7,9-12H,2,4,6,8,13H2,(H,25,26,27). The van der Waals surface area contributed by atoms with E-state index in [0.29, 0.717) is 18.2 Å². The molecule has 29 heavy (non-hydrogen) atoms. The summed E-state index contributed by atoms with van der Waals surface area (Å²) in [6.45, 7) is 0.448. The molecule has 0 atom stereocenters. The van der Waals surface area contributed by atoms with Gasteiger partial charge in [0.15, 0.2) is 0 Å². The summed E-state index contributed by atoms with van der Waals surface area (Å²) in [5.41, 5.74) is 3.03. The summed E-state index contributed by atoms with van der Waals surface area (Å²) in [5.74, 6) is 1.27. The van der Waals surface area contributed by atoms with Crippen LogP contribution in [0.4, 0.5) is 0 Å². The van der Waals surface area contributed by atoms with Gasteiger partial charge in [0.1, 0.15) is 23.0 Å². The number of aromatic nitrogens is 2. The Kier molecular flexibility index (Phi) is 4.97. The number of aromatic amines is 1. The second-order valence-corrected chi connectivity index (χ2v) is 9.22. The maximum absolute atomic E-state index is 12.9. The first-order valence-electron chi connectivity index (χ1n) is 9.70. The van der Waals surface area contributed by atoms with Crippen LogP contribution in [0, 0.1) is 0 Å². The van der Waals surface area contributed by atoms with Crippen LogP contribution in [0.5, 0.6) is 5.75 Å². The van der Waals surface area contributed by atoms with Crippen molar-refractivity contribution in [3.8, 4) is 17.1 Å². The molecule has 0 spiro atoms. The Hall–Kier alpha value is -2.44. The van der Waals surface area contributed by atoms with Crippen LogP contribution in [0.2, 0.25) is 0 Å². The van der Waals surface area contributed by atoms with Crippen LogP contribution in [0.1, 0.15) is 28.8 Å². The lowest BCUT2D eigenvalue weighted by molar-refractivity contribution is 0.307. The molecule has 0 amide bonds. The third-order valence-electron chi connectivity index (χ3n) is 5.27. The highest BCUT2D eigenvalue weighted by molar-refractivity contribution is 9.10. The minimum absolute atomic E-state index is 0.0490. The first-order valence-corrected chi connectivity index (χ1v) is 11.3. The predicted octanol–water partition coefficient (Wildman–Crippen LogP) is 5.87. The van der Waals surface area contributed by atoms with Gasteiger partial charge in [0.25, 0.3) is 5.56 Å². The second-order valence-electron chi connectivity index (χ2n) is 7.22. The number of para-hydroxylation sites is 1. The number of aryl methyl sites for hydroxylation is 2. The van der Waals surface area contributed by atoms with Gasteiger partial charge in [-0.15, -0.1) is 11.3 Å². The zero-order valence-corrected chi connectivity index (χ0v) is 18.1. The summed E-state index contributed by atoms with van der Waals surface area (Å²) >= 11 is 5.11. The van der Waals surface area contributed by atoms with Crippen LogP contribution in [0.3, 0.4) is 0 Å². The van der Waals surface area contributed by atoms with Gasteiger partial charge in [-0.2, -0.15) is 0 Å². The Balaban J connectivity index is 1.51. The van der Waals surface area contributed by atoms with E-state index in [2.05, 4.69) is 20.9 Å². The van der Waals surface area contributed by atoms with Gasteiger partial charge in [0, 0.05) is 9.35 Å². The molecule has 146 valence electrons. The van der Waals surface area contributed by atoms with Crippen molar-refractivity contribution in [2.45, 2.75) is 32.3 Å². The minimum atomic E-state index is -0.0490. The van der Waals surface area contributed by atoms with Crippen molar-refractivity contribution in [3.05, 3.63) is 79.4 Å². The Morgan fingerprint density at radius 1 is 1.07 bits per heavy atom. The van der Waals surface area contributed by atoms with E-state index in [9.17, 15) is 4.79 Å². The smallest absolute Gasteiger partial charge is 0.260 e. The molecule has 0 fully saturated rings. The minimum Gasteiger partial charge on any atom is -0.488 e. The first kappa shape index (κ1) is 18.6. The molecular formula is C23H19BrN2O2S. The van der Waals surface area contributed by atoms with Crippen LogP contribution in [0.25, 0.3) is 21.6 Å². The quantitative estimate of drug-likeness (QED) is 0.408. The zero-order valence-electron chi connectivity index (χ0n) is 15.7. The number of nitrogens with zero attached hydrogens (tertiary/aromatic N) is 1. The van der Waals surface area contributed by atoms with Gasteiger partial charge >= 0.3 is 0 Å². The number of ether oxygens (including phenoxy) is 1. The number of rotatable bonds is 4. The summed E-state index contributed by atoms with van der Waals surface area (Å²) < 4.78 is 7.11. The molecule has 0 unspecified atom stereocenters. The third-order valence-corrected chi connectivity index (χ3v) is 6.99. The first-order chi connectivity index (χ1) is 14.2. The zero-order chi connectivity index (χ0) is 19.8. The highest BCUT2D eigenvalue weighted by Crippen LogP contribution is 2.35. The van der Waals surface area contributed by atoms with Crippen molar-refractivity contribution >= 4 is 37.5 Å². The van der Waals surface area contributed by atoms with Gasteiger partial charge in [-0.3, -0.25) is 4.79 Å². The predicted molar refractivity (Wildman–Crippen MR) is 121 cm³/mol. The number of hydrogen-bond donors (Lipinski definition) is 1. The number of halogens is 1. The number of H-pyrrole nitrogens is 1. The summed E-state index contributed by atoms with van der Waals surface area (Å²) in [7, 11) is 0. The van der Waals surface area contributed by atoms with E-state index in [0.717, 1.165) is 45.1 Å². The van der Waals surface area contributed by atoms with Crippen molar-refractivity contribution in [3.63, 3.8) is 0 Å². The lowest BCUT2D eigenvalue weighted by Gasteiger charge is -2.11. The Bertz CT molecular complexity index is 1240. The van der Waals surface area contributed by atoms with Crippen molar-refractivity contribution in [2.24, 2.45) is 0 Å². The fourth-order valence-electron chi connectivity index (χ4n) is 3.82. The van der Waals surface area contributed by atoms with E-state index >= 15 is 0 Å². The van der Waals surface area contributed by atoms with E-state index in [4.69, 9.17) is 9.72 Å². The third kappa shape index (κ3) is 3.63. The van der Waals surface area contributed by atoms with Crippen LogP contribution in [-0.2, 0) is 19.4 Å². The summed E-state index contributed by atoms with van der Waals surface area (Å²) in [6.07, 6.45) is 4.37. The van der Waals surface area contributed by atoms with Gasteiger partial charge in [0.2, 0.25) is 0 Å². The van der Waals surface area contributed by atoms with Crippen molar-refractivity contribution in [1.29, 1.82) is 0 Å². The molecule has 4 nitrogen and oxygen atoms in total. The fraction of sp³-hybridized carbons (Fsp3) is 0.217. The SMILES string of the molecule is O=c1[nH]c(-c2ccccc2OCc2ccc(Br)cc2)nc2sc3c(c12)CCCC3. The Morgan fingerprint density at radius 3 is 2.72 bits per heavy atom. The molecule has 2 heterocycles. The Labute approximate surface area is 180 Å².